The maximum absolute atomic E-state index is 13.8. The smallest absolute Gasteiger partial charge is 0.248 e. The van der Waals surface area contributed by atoms with Crippen LogP contribution in [0.3, 0.4) is 0 Å². The molecular formula is C23H25F3N2O. The molecule has 0 radical (unpaired) electrons. The number of alkyl halides is 2. The molecule has 0 spiro atoms. The van der Waals surface area contributed by atoms with Gasteiger partial charge in [-0.15, -0.1) is 0 Å². The van der Waals surface area contributed by atoms with Crippen molar-refractivity contribution in [3.05, 3.63) is 60.2 Å². The highest BCUT2D eigenvalue weighted by atomic mass is 19.3. The predicted octanol–water partition coefficient (Wildman–Crippen LogP) is 4.66. The van der Waals surface area contributed by atoms with Crippen molar-refractivity contribution >= 4 is 6.08 Å². The van der Waals surface area contributed by atoms with Crippen LogP contribution < -0.4 is 5.73 Å². The van der Waals surface area contributed by atoms with Crippen LogP contribution in [0.2, 0.25) is 0 Å². The summed E-state index contributed by atoms with van der Waals surface area (Å²) >= 11 is 0. The molecule has 0 aliphatic heterocycles. The second-order valence-electron chi connectivity index (χ2n) is 8.49. The molecule has 2 aromatic rings. The first-order chi connectivity index (χ1) is 13.8. The van der Waals surface area contributed by atoms with E-state index in [1.165, 1.54) is 12.1 Å². The van der Waals surface area contributed by atoms with E-state index in [2.05, 4.69) is 4.98 Å². The fourth-order valence-electron chi connectivity index (χ4n) is 5.05. The quantitative estimate of drug-likeness (QED) is 0.782. The van der Waals surface area contributed by atoms with Gasteiger partial charge in [-0.05, 0) is 54.5 Å². The third-order valence-corrected chi connectivity index (χ3v) is 6.49. The molecule has 1 aromatic carbocycles. The molecule has 2 saturated carbocycles. The Morgan fingerprint density at radius 1 is 1.17 bits per heavy atom. The molecule has 0 amide bonds. The van der Waals surface area contributed by atoms with Crippen LogP contribution in [0, 0.1) is 23.6 Å². The summed E-state index contributed by atoms with van der Waals surface area (Å²) in [7, 11) is 0. The summed E-state index contributed by atoms with van der Waals surface area (Å²) in [6.07, 6.45) is 5.99. The Morgan fingerprint density at radius 3 is 2.69 bits per heavy atom. The second-order valence-corrected chi connectivity index (χ2v) is 8.49. The molecule has 2 aliphatic carbocycles. The Kier molecular flexibility index (Phi) is 5.25. The van der Waals surface area contributed by atoms with E-state index in [1.807, 2.05) is 30.4 Å². The number of nitrogens with zero attached hydrogens (tertiary/aromatic N) is 1. The number of aromatic nitrogens is 1. The minimum atomic E-state index is -2.63. The van der Waals surface area contributed by atoms with Crippen LogP contribution in [0.1, 0.15) is 31.4 Å². The molecule has 1 aromatic heterocycles. The molecule has 1 unspecified atom stereocenters. The Balaban J connectivity index is 1.53. The number of halogens is 3. The van der Waals surface area contributed by atoms with Crippen molar-refractivity contribution in [3.8, 4) is 11.1 Å². The first kappa shape index (κ1) is 20.1. The van der Waals surface area contributed by atoms with Crippen LogP contribution in [0.5, 0.6) is 0 Å². The summed E-state index contributed by atoms with van der Waals surface area (Å²) in [5.41, 5.74) is 7.80. The van der Waals surface area contributed by atoms with Gasteiger partial charge in [0.1, 0.15) is 5.82 Å². The van der Waals surface area contributed by atoms with Crippen LogP contribution in [-0.2, 0) is 0 Å². The number of nitrogens with two attached hydrogens (primary N) is 1. The van der Waals surface area contributed by atoms with Gasteiger partial charge in [0.2, 0.25) is 5.92 Å². The van der Waals surface area contributed by atoms with Gasteiger partial charge in [0.15, 0.2) is 0 Å². The first-order valence-corrected chi connectivity index (χ1v) is 9.97. The van der Waals surface area contributed by atoms with Crippen LogP contribution in [0.4, 0.5) is 13.2 Å². The van der Waals surface area contributed by atoms with E-state index in [0.717, 1.165) is 11.1 Å². The first-order valence-electron chi connectivity index (χ1n) is 9.97. The zero-order valence-corrected chi connectivity index (χ0v) is 16.1. The molecule has 2 fully saturated rings. The van der Waals surface area contributed by atoms with E-state index in [0.29, 0.717) is 18.5 Å². The highest BCUT2D eigenvalue weighted by Gasteiger charge is 2.54. The Labute approximate surface area is 168 Å². The number of pyridine rings is 1. The van der Waals surface area contributed by atoms with E-state index >= 15 is 0 Å². The van der Waals surface area contributed by atoms with E-state index in [4.69, 9.17) is 5.73 Å². The Hall–Kier alpha value is -2.18. The molecule has 1 heterocycles. The summed E-state index contributed by atoms with van der Waals surface area (Å²) < 4.78 is 41.1. The van der Waals surface area contributed by atoms with Gasteiger partial charge >= 0.3 is 0 Å². The van der Waals surface area contributed by atoms with Crippen LogP contribution in [-0.4, -0.2) is 28.2 Å². The summed E-state index contributed by atoms with van der Waals surface area (Å²) in [5.74, 6) is -3.23. The number of hydrogen-bond donors (Lipinski definition) is 2. The molecule has 4 atom stereocenters. The van der Waals surface area contributed by atoms with Gasteiger partial charge in [-0.3, -0.25) is 4.98 Å². The molecule has 3 nitrogen and oxygen atoms in total. The van der Waals surface area contributed by atoms with Crippen molar-refractivity contribution in [1.82, 2.24) is 4.98 Å². The normalized spacial score (nSPS) is 31.1. The summed E-state index contributed by atoms with van der Waals surface area (Å²) in [6.45, 7) is -0.230. The average molecular weight is 402 g/mol. The Morgan fingerprint density at radius 2 is 2.00 bits per heavy atom. The second kappa shape index (κ2) is 7.58. The fraction of sp³-hybridized carbons (Fsp3) is 0.435. The van der Waals surface area contributed by atoms with Crippen molar-refractivity contribution in [2.75, 3.05) is 6.61 Å². The lowest BCUT2D eigenvalue weighted by Crippen LogP contribution is -2.47. The van der Waals surface area contributed by atoms with E-state index in [-0.39, 0.29) is 43.0 Å². The lowest BCUT2D eigenvalue weighted by Gasteiger charge is -2.34. The SMILES string of the molecule is NC1(CO)C[C@@H]2CC(F)(F)CC[C@H]2[C@@H]1C=Cc1ccc(-c2cccc(F)c2)cn1. The monoisotopic (exact) mass is 402 g/mol. The topological polar surface area (TPSA) is 59.1 Å². The minimum Gasteiger partial charge on any atom is -0.394 e. The van der Waals surface area contributed by atoms with E-state index < -0.39 is 11.5 Å². The van der Waals surface area contributed by atoms with Gasteiger partial charge in [0, 0.05) is 36.1 Å². The molecule has 4 rings (SSSR count). The lowest BCUT2D eigenvalue weighted by atomic mass is 9.75. The van der Waals surface area contributed by atoms with Gasteiger partial charge in [-0.1, -0.05) is 24.3 Å². The third-order valence-electron chi connectivity index (χ3n) is 6.49. The van der Waals surface area contributed by atoms with Gasteiger partial charge in [0.05, 0.1) is 12.3 Å². The highest BCUT2D eigenvalue weighted by Crippen LogP contribution is 2.54. The number of rotatable bonds is 4. The van der Waals surface area contributed by atoms with Gasteiger partial charge in [0.25, 0.3) is 0 Å². The van der Waals surface area contributed by atoms with Crippen LogP contribution in [0.15, 0.2) is 48.7 Å². The molecule has 2 aliphatic rings. The van der Waals surface area contributed by atoms with Gasteiger partial charge in [-0.25, -0.2) is 13.2 Å². The van der Waals surface area contributed by atoms with E-state index in [1.54, 1.807) is 12.3 Å². The van der Waals surface area contributed by atoms with Crippen molar-refractivity contribution in [2.24, 2.45) is 23.5 Å². The van der Waals surface area contributed by atoms with Gasteiger partial charge in [-0.2, -0.15) is 0 Å². The maximum atomic E-state index is 13.8. The van der Waals surface area contributed by atoms with Gasteiger partial charge < -0.3 is 10.8 Å². The molecule has 154 valence electrons. The zero-order valence-electron chi connectivity index (χ0n) is 16.1. The number of benzene rings is 1. The summed E-state index contributed by atoms with van der Waals surface area (Å²) in [6, 6.07) is 10.0. The molecule has 3 N–H and O–H groups in total. The fourth-order valence-corrected chi connectivity index (χ4v) is 5.05. The standard InChI is InChI=1S/C23H25F3N2O/c24-18-3-1-2-15(10-18)16-4-5-19(28-13-16)6-7-21-20-8-9-23(25,26)12-17(20)11-22(21,27)14-29/h1-7,10,13,17,20-21,29H,8-9,11-12,14,27H2/t17-,20-,21+,22?/m1/s1. The minimum absolute atomic E-state index is 0.0505. The number of aliphatic hydroxyl groups excluding tert-OH is 1. The number of fused-ring (bicyclic) bond motifs is 1. The Bertz CT molecular complexity index is 899. The number of aliphatic hydroxyl groups is 1. The van der Waals surface area contributed by atoms with Crippen molar-refractivity contribution in [3.63, 3.8) is 0 Å². The lowest BCUT2D eigenvalue weighted by molar-refractivity contribution is -0.0659. The highest BCUT2D eigenvalue weighted by molar-refractivity contribution is 5.63. The largest absolute Gasteiger partial charge is 0.394 e. The molecule has 0 saturated heterocycles. The summed E-state index contributed by atoms with van der Waals surface area (Å²) in [5, 5.41) is 9.86. The van der Waals surface area contributed by atoms with Crippen molar-refractivity contribution in [1.29, 1.82) is 0 Å². The van der Waals surface area contributed by atoms with Crippen LogP contribution in [0.25, 0.3) is 17.2 Å². The molecule has 0 bridgehead atoms. The molecule has 29 heavy (non-hydrogen) atoms. The maximum Gasteiger partial charge on any atom is 0.248 e. The van der Waals surface area contributed by atoms with Crippen LogP contribution >= 0.6 is 0 Å². The molecular weight excluding hydrogens is 377 g/mol. The summed E-state index contributed by atoms with van der Waals surface area (Å²) in [4.78, 5) is 4.41. The zero-order chi connectivity index (χ0) is 20.6. The molecule has 6 heteroatoms. The number of hydrogen-bond acceptors (Lipinski definition) is 3. The van der Waals surface area contributed by atoms with Crippen molar-refractivity contribution < 1.29 is 18.3 Å². The third kappa shape index (κ3) is 4.09. The predicted molar refractivity (Wildman–Crippen MR) is 107 cm³/mol. The average Bonchev–Trinajstić information content (AvgIpc) is 2.96. The van der Waals surface area contributed by atoms with Crippen molar-refractivity contribution in [2.45, 2.75) is 37.1 Å². The van der Waals surface area contributed by atoms with E-state index in [9.17, 15) is 18.3 Å².